The molecule has 0 aliphatic carbocycles. The second-order valence-corrected chi connectivity index (χ2v) is 7.43. The predicted molar refractivity (Wildman–Crippen MR) is 99.2 cm³/mol. The van der Waals surface area contributed by atoms with Gasteiger partial charge in [-0.3, -0.25) is 4.79 Å². The van der Waals surface area contributed by atoms with Gasteiger partial charge >= 0.3 is 0 Å². The summed E-state index contributed by atoms with van der Waals surface area (Å²) in [5.74, 6) is 1.24. The van der Waals surface area contributed by atoms with Crippen molar-refractivity contribution in [1.82, 2.24) is 4.90 Å². The fourth-order valence-electron chi connectivity index (χ4n) is 3.10. The van der Waals surface area contributed by atoms with Gasteiger partial charge in [-0.1, -0.05) is 6.07 Å². The van der Waals surface area contributed by atoms with Crippen molar-refractivity contribution in [3.05, 3.63) is 44.6 Å². The Morgan fingerprint density at radius 3 is 2.96 bits per heavy atom. The van der Waals surface area contributed by atoms with Gasteiger partial charge in [0.1, 0.15) is 0 Å². The summed E-state index contributed by atoms with van der Waals surface area (Å²) in [6, 6.07) is 7.91. The first kappa shape index (κ1) is 17.3. The van der Waals surface area contributed by atoms with Gasteiger partial charge in [-0.2, -0.15) is 0 Å². The van der Waals surface area contributed by atoms with Crippen LogP contribution in [0.15, 0.2) is 34.1 Å². The molecule has 1 fully saturated rings. The van der Waals surface area contributed by atoms with Gasteiger partial charge in [0.05, 0.1) is 24.2 Å². The van der Waals surface area contributed by atoms with Crippen LogP contribution >= 0.6 is 27.3 Å². The molecule has 1 unspecified atom stereocenters. The molecule has 1 aromatic heterocycles. The van der Waals surface area contributed by atoms with Gasteiger partial charge in [0, 0.05) is 17.0 Å². The molecule has 1 aliphatic rings. The van der Waals surface area contributed by atoms with Crippen molar-refractivity contribution in [3.63, 3.8) is 0 Å². The maximum Gasteiger partial charge on any atom is 0.254 e. The van der Waals surface area contributed by atoms with E-state index < -0.39 is 0 Å². The highest BCUT2D eigenvalue weighted by molar-refractivity contribution is 9.10. The lowest BCUT2D eigenvalue weighted by molar-refractivity contribution is 0.0737. The number of nitrogens with zero attached hydrogens (tertiary/aromatic N) is 1. The lowest BCUT2D eigenvalue weighted by atomic mass is 10.1. The molecule has 4 nitrogen and oxygen atoms in total. The number of hydrogen-bond acceptors (Lipinski definition) is 4. The van der Waals surface area contributed by atoms with Crippen LogP contribution in [0.1, 0.15) is 41.0 Å². The zero-order valence-corrected chi connectivity index (χ0v) is 16.2. The summed E-state index contributed by atoms with van der Waals surface area (Å²) in [6.07, 6.45) is 2.05. The third-order valence-electron chi connectivity index (χ3n) is 4.15. The molecule has 0 saturated carbocycles. The molecule has 1 aliphatic heterocycles. The number of amides is 1. The number of carbonyl (C=O) groups is 1. The number of benzene rings is 1. The van der Waals surface area contributed by atoms with E-state index in [1.54, 1.807) is 24.5 Å². The molecule has 1 saturated heterocycles. The molecule has 2 aromatic rings. The maximum atomic E-state index is 13.1. The topological polar surface area (TPSA) is 38.8 Å². The van der Waals surface area contributed by atoms with Crippen LogP contribution in [-0.4, -0.2) is 31.1 Å². The maximum absolute atomic E-state index is 13.1. The Labute approximate surface area is 154 Å². The summed E-state index contributed by atoms with van der Waals surface area (Å²) in [6.45, 7) is 3.21. The minimum Gasteiger partial charge on any atom is -0.492 e. The van der Waals surface area contributed by atoms with Crippen molar-refractivity contribution in [3.8, 4) is 11.5 Å². The first-order valence-corrected chi connectivity index (χ1v) is 9.67. The average molecular weight is 410 g/mol. The van der Waals surface area contributed by atoms with Gasteiger partial charge in [-0.15, -0.1) is 11.3 Å². The summed E-state index contributed by atoms with van der Waals surface area (Å²) >= 11 is 5.19. The summed E-state index contributed by atoms with van der Waals surface area (Å²) < 4.78 is 11.7. The molecule has 2 heterocycles. The number of rotatable bonds is 5. The number of halogens is 1. The normalized spacial score (nSPS) is 17.1. The van der Waals surface area contributed by atoms with Crippen molar-refractivity contribution in [2.24, 2.45) is 0 Å². The van der Waals surface area contributed by atoms with Crippen LogP contribution in [0.4, 0.5) is 0 Å². The summed E-state index contributed by atoms with van der Waals surface area (Å²) in [4.78, 5) is 16.3. The van der Waals surface area contributed by atoms with E-state index in [4.69, 9.17) is 9.47 Å². The van der Waals surface area contributed by atoms with Crippen LogP contribution in [0.2, 0.25) is 0 Å². The Morgan fingerprint density at radius 2 is 2.29 bits per heavy atom. The third-order valence-corrected chi connectivity index (χ3v) is 5.71. The van der Waals surface area contributed by atoms with Crippen LogP contribution in [0, 0.1) is 0 Å². The summed E-state index contributed by atoms with van der Waals surface area (Å²) in [5.41, 5.74) is 0.620. The Kier molecular flexibility index (Phi) is 5.46. The molecule has 128 valence electrons. The van der Waals surface area contributed by atoms with Crippen molar-refractivity contribution >= 4 is 33.2 Å². The van der Waals surface area contributed by atoms with Gasteiger partial charge < -0.3 is 14.4 Å². The van der Waals surface area contributed by atoms with Gasteiger partial charge in [0.15, 0.2) is 11.5 Å². The van der Waals surface area contributed by atoms with Crippen molar-refractivity contribution in [2.45, 2.75) is 25.8 Å². The average Bonchev–Trinajstić information content (AvgIpc) is 3.25. The molecule has 1 atom stereocenters. The van der Waals surface area contributed by atoms with Crippen molar-refractivity contribution in [2.75, 3.05) is 20.3 Å². The Bertz CT molecular complexity index is 717. The molecular weight excluding hydrogens is 390 g/mol. The number of hydrogen-bond donors (Lipinski definition) is 0. The quantitative estimate of drug-likeness (QED) is 0.704. The molecule has 6 heteroatoms. The lowest BCUT2D eigenvalue weighted by Gasteiger charge is -2.24. The van der Waals surface area contributed by atoms with E-state index >= 15 is 0 Å². The van der Waals surface area contributed by atoms with Gasteiger partial charge in [-0.05, 0) is 59.3 Å². The van der Waals surface area contributed by atoms with Gasteiger partial charge in [0.2, 0.25) is 0 Å². The highest BCUT2D eigenvalue weighted by atomic mass is 79.9. The second-order valence-electron chi connectivity index (χ2n) is 5.59. The molecule has 0 bridgehead atoms. The number of methoxy groups -OCH3 is 1. The van der Waals surface area contributed by atoms with Crippen LogP contribution in [-0.2, 0) is 0 Å². The Hall–Kier alpha value is -1.53. The molecule has 1 aromatic carbocycles. The molecule has 24 heavy (non-hydrogen) atoms. The van der Waals surface area contributed by atoms with E-state index in [0.29, 0.717) is 23.7 Å². The SMILES string of the molecule is CCOc1cc(C(=O)N2CCCC2c2cccs2)cc(Br)c1OC. The van der Waals surface area contributed by atoms with E-state index in [9.17, 15) is 4.79 Å². The summed E-state index contributed by atoms with van der Waals surface area (Å²) in [5, 5.41) is 2.06. The zero-order chi connectivity index (χ0) is 17.1. The van der Waals surface area contributed by atoms with Crippen LogP contribution < -0.4 is 9.47 Å². The second kappa shape index (κ2) is 7.57. The predicted octanol–water partition coefficient (Wildman–Crippen LogP) is 4.90. The fraction of sp³-hybridized carbons (Fsp3) is 0.389. The minimum atomic E-state index is 0.0372. The molecule has 0 radical (unpaired) electrons. The number of thiophene rings is 1. The third kappa shape index (κ3) is 3.30. The van der Waals surface area contributed by atoms with Crippen molar-refractivity contribution < 1.29 is 14.3 Å². The number of likely N-dealkylation sites (tertiary alicyclic amines) is 1. The standard InChI is InChI=1S/C18H20BrNO3S/c1-3-23-15-11-12(10-13(19)17(15)22-2)18(21)20-8-4-6-14(20)16-7-5-9-24-16/h5,7,9-11,14H,3-4,6,8H2,1-2H3. The largest absolute Gasteiger partial charge is 0.492 e. The van der Waals surface area contributed by atoms with E-state index in [1.165, 1.54) is 4.88 Å². The van der Waals surface area contributed by atoms with E-state index in [1.807, 2.05) is 24.0 Å². The monoisotopic (exact) mass is 409 g/mol. The minimum absolute atomic E-state index is 0.0372. The molecule has 1 amide bonds. The highest BCUT2D eigenvalue weighted by Crippen LogP contribution is 2.39. The van der Waals surface area contributed by atoms with E-state index in [2.05, 4.69) is 27.4 Å². The highest BCUT2D eigenvalue weighted by Gasteiger charge is 2.32. The molecule has 0 N–H and O–H groups in total. The van der Waals surface area contributed by atoms with Crippen LogP contribution in [0.3, 0.4) is 0 Å². The fourth-order valence-corrected chi connectivity index (χ4v) is 4.58. The smallest absolute Gasteiger partial charge is 0.254 e. The van der Waals surface area contributed by atoms with Crippen LogP contribution in [0.25, 0.3) is 0 Å². The summed E-state index contributed by atoms with van der Waals surface area (Å²) in [7, 11) is 1.59. The van der Waals surface area contributed by atoms with Gasteiger partial charge in [-0.25, -0.2) is 0 Å². The lowest BCUT2D eigenvalue weighted by Crippen LogP contribution is -2.30. The van der Waals surface area contributed by atoms with E-state index in [-0.39, 0.29) is 11.9 Å². The number of ether oxygens (including phenoxy) is 2. The van der Waals surface area contributed by atoms with E-state index in [0.717, 1.165) is 23.9 Å². The molecule has 0 spiro atoms. The Balaban J connectivity index is 1.92. The number of carbonyl (C=O) groups excluding carboxylic acids is 1. The molecular formula is C18H20BrNO3S. The Morgan fingerprint density at radius 1 is 1.46 bits per heavy atom. The first-order valence-electron chi connectivity index (χ1n) is 8.00. The van der Waals surface area contributed by atoms with Crippen LogP contribution in [0.5, 0.6) is 11.5 Å². The van der Waals surface area contributed by atoms with Gasteiger partial charge in [0.25, 0.3) is 5.91 Å². The van der Waals surface area contributed by atoms with Crippen molar-refractivity contribution in [1.29, 1.82) is 0 Å². The first-order chi connectivity index (χ1) is 11.7. The zero-order valence-electron chi connectivity index (χ0n) is 13.8. The molecule has 3 rings (SSSR count).